The summed E-state index contributed by atoms with van der Waals surface area (Å²) in [6.45, 7) is 3.08. The second-order valence-corrected chi connectivity index (χ2v) is 3.25. The van der Waals surface area contributed by atoms with E-state index < -0.39 is 0 Å². The Hall–Kier alpha value is -1.02. The van der Waals surface area contributed by atoms with Crippen molar-refractivity contribution < 1.29 is 0 Å². The van der Waals surface area contributed by atoms with E-state index in [-0.39, 0.29) is 0 Å². The molecular formula is C11H18N2. The first-order valence-electron chi connectivity index (χ1n) is 4.87. The Morgan fingerprint density at radius 3 is 2.62 bits per heavy atom. The fraction of sp³-hybridized carbons (Fsp3) is 0.455. The maximum atomic E-state index is 5.80. The summed E-state index contributed by atoms with van der Waals surface area (Å²) in [5.74, 6) is 0. The minimum absolute atomic E-state index is 0.330. The quantitative estimate of drug-likeness (QED) is 0.725. The van der Waals surface area contributed by atoms with Gasteiger partial charge >= 0.3 is 0 Å². The molecule has 72 valence electrons. The van der Waals surface area contributed by atoms with Crippen molar-refractivity contribution in [1.82, 2.24) is 0 Å². The van der Waals surface area contributed by atoms with Gasteiger partial charge in [-0.3, -0.25) is 0 Å². The maximum absolute atomic E-state index is 5.80. The molecule has 0 bridgehead atoms. The van der Waals surface area contributed by atoms with Gasteiger partial charge in [0.25, 0.3) is 0 Å². The fourth-order valence-corrected chi connectivity index (χ4v) is 1.16. The van der Waals surface area contributed by atoms with Gasteiger partial charge in [0.1, 0.15) is 0 Å². The Bertz CT molecular complexity index is 221. The number of hydrogen-bond acceptors (Lipinski definition) is 2. The third-order valence-electron chi connectivity index (χ3n) is 2.14. The lowest BCUT2D eigenvalue weighted by Crippen LogP contribution is -2.22. The van der Waals surface area contributed by atoms with Gasteiger partial charge < -0.3 is 11.1 Å². The first-order valence-corrected chi connectivity index (χ1v) is 4.87. The molecule has 0 saturated heterocycles. The van der Waals surface area contributed by atoms with Crippen molar-refractivity contribution in [3.63, 3.8) is 0 Å². The SMILES string of the molecule is CCC(N)CCNc1ccccc1. The van der Waals surface area contributed by atoms with E-state index in [4.69, 9.17) is 5.73 Å². The van der Waals surface area contributed by atoms with Gasteiger partial charge in [0, 0.05) is 18.3 Å². The van der Waals surface area contributed by atoms with Crippen LogP contribution in [0.1, 0.15) is 19.8 Å². The van der Waals surface area contributed by atoms with Gasteiger partial charge in [0.15, 0.2) is 0 Å². The highest BCUT2D eigenvalue weighted by Gasteiger charge is 1.97. The van der Waals surface area contributed by atoms with Crippen molar-refractivity contribution in [3.05, 3.63) is 30.3 Å². The van der Waals surface area contributed by atoms with Gasteiger partial charge in [-0.1, -0.05) is 25.1 Å². The molecule has 0 aliphatic carbocycles. The average Bonchev–Trinajstić information content (AvgIpc) is 2.19. The highest BCUT2D eigenvalue weighted by atomic mass is 14.9. The molecule has 1 unspecified atom stereocenters. The molecule has 13 heavy (non-hydrogen) atoms. The predicted octanol–water partition coefficient (Wildman–Crippen LogP) is 2.23. The lowest BCUT2D eigenvalue weighted by atomic mass is 10.2. The molecule has 1 aromatic carbocycles. The molecule has 3 N–H and O–H groups in total. The van der Waals surface area contributed by atoms with Gasteiger partial charge in [-0.15, -0.1) is 0 Å². The summed E-state index contributed by atoms with van der Waals surface area (Å²) in [6.07, 6.45) is 2.09. The number of para-hydroxylation sites is 1. The van der Waals surface area contributed by atoms with E-state index in [1.165, 1.54) is 5.69 Å². The highest BCUT2D eigenvalue weighted by Crippen LogP contribution is 2.05. The van der Waals surface area contributed by atoms with Crippen LogP contribution in [-0.4, -0.2) is 12.6 Å². The smallest absolute Gasteiger partial charge is 0.0340 e. The molecule has 2 heteroatoms. The summed E-state index contributed by atoms with van der Waals surface area (Å²) >= 11 is 0. The van der Waals surface area contributed by atoms with E-state index in [0.717, 1.165) is 19.4 Å². The van der Waals surface area contributed by atoms with Gasteiger partial charge in [0.05, 0.1) is 0 Å². The van der Waals surface area contributed by atoms with Crippen LogP contribution in [-0.2, 0) is 0 Å². The number of rotatable bonds is 5. The fourth-order valence-electron chi connectivity index (χ4n) is 1.16. The molecule has 0 aliphatic heterocycles. The van der Waals surface area contributed by atoms with Crippen LogP contribution < -0.4 is 11.1 Å². The summed E-state index contributed by atoms with van der Waals surface area (Å²) in [5, 5.41) is 3.33. The molecule has 0 saturated carbocycles. The van der Waals surface area contributed by atoms with Crippen molar-refractivity contribution in [2.75, 3.05) is 11.9 Å². The molecule has 2 nitrogen and oxygen atoms in total. The van der Waals surface area contributed by atoms with Crippen LogP contribution in [0, 0.1) is 0 Å². The molecule has 0 fully saturated rings. The number of nitrogens with two attached hydrogens (primary N) is 1. The van der Waals surface area contributed by atoms with Gasteiger partial charge in [0.2, 0.25) is 0 Å². The molecule has 0 aliphatic rings. The lowest BCUT2D eigenvalue weighted by molar-refractivity contribution is 0.613. The standard InChI is InChI=1S/C11H18N2/c1-2-10(12)8-9-13-11-6-4-3-5-7-11/h3-7,10,13H,2,8-9,12H2,1H3. The van der Waals surface area contributed by atoms with Crippen LogP contribution in [0.2, 0.25) is 0 Å². The van der Waals surface area contributed by atoms with Crippen molar-refractivity contribution in [1.29, 1.82) is 0 Å². The number of nitrogens with one attached hydrogen (secondary N) is 1. The van der Waals surface area contributed by atoms with E-state index in [1.54, 1.807) is 0 Å². The number of benzene rings is 1. The first kappa shape index (κ1) is 10.1. The zero-order chi connectivity index (χ0) is 9.52. The second-order valence-electron chi connectivity index (χ2n) is 3.25. The van der Waals surface area contributed by atoms with Crippen molar-refractivity contribution >= 4 is 5.69 Å². The first-order chi connectivity index (χ1) is 6.33. The van der Waals surface area contributed by atoms with E-state index >= 15 is 0 Å². The van der Waals surface area contributed by atoms with E-state index in [1.807, 2.05) is 18.2 Å². The molecule has 1 rings (SSSR count). The molecular weight excluding hydrogens is 160 g/mol. The van der Waals surface area contributed by atoms with Crippen LogP contribution in [0.25, 0.3) is 0 Å². The summed E-state index contributed by atoms with van der Waals surface area (Å²) in [6, 6.07) is 10.5. The Balaban J connectivity index is 2.20. The minimum Gasteiger partial charge on any atom is -0.385 e. The van der Waals surface area contributed by atoms with Crippen LogP contribution in [0.3, 0.4) is 0 Å². The molecule has 1 atom stereocenters. The molecule has 0 heterocycles. The Morgan fingerprint density at radius 2 is 2.00 bits per heavy atom. The van der Waals surface area contributed by atoms with Gasteiger partial charge in [-0.2, -0.15) is 0 Å². The third kappa shape index (κ3) is 3.95. The van der Waals surface area contributed by atoms with E-state index in [9.17, 15) is 0 Å². The van der Waals surface area contributed by atoms with Gasteiger partial charge in [-0.25, -0.2) is 0 Å². The average molecular weight is 178 g/mol. The highest BCUT2D eigenvalue weighted by molar-refractivity contribution is 5.42. The van der Waals surface area contributed by atoms with Crippen molar-refractivity contribution in [3.8, 4) is 0 Å². The summed E-state index contributed by atoms with van der Waals surface area (Å²) in [5.41, 5.74) is 6.97. The third-order valence-corrected chi connectivity index (χ3v) is 2.14. The van der Waals surface area contributed by atoms with Crippen molar-refractivity contribution in [2.24, 2.45) is 5.73 Å². The van der Waals surface area contributed by atoms with E-state index in [2.05, 4.69) is 24.4 Å². The Morgan fingerprint density at radius 1 is 1.31 bits per heavy atom. The van der Waals surface area contributed by atoms with Crippen LogP contribution >= 0.6 is 0 Å². The number of anilines is 1. The largest absolute Gasteiger partial charge is 0.385 e. The molecule has 0 aromatic heterocycles. The van der Waals surface area contributed by atoms with Crippen LogP contribution in [0.4, 0.5) is 5.69 Å². The Kier molecular flexibility index (Phi) is 4.33. The van der Waals surface area contributed by atoms with Crippen LogP contribution in [0.5, 0.6) is 0 Å². The maximum Gasteiger partial charge on any atom is 0.0340 e. The monoisotopic (exact) mass is 178 g/mol. The van der Waals surface area contributed by atoms with E-state index in [0.29, 0.717) is 6.04 Å². The number of hydrogen-bond donors (Lipinski definition) is 2. The molecule has 0 amide bonds. The summed E-state index contributed by atoms with van der Waals surface area (Å²) in [7, 11) is 0. The molecule has 1 aromatic rings. The van der Waals surface area contributed by atoms with Gasteiger partial charge in [-0.05, 0) is 25.0 Å². The van der Waals surface area contributed by atoms with Crippen molar-refractivity contribution in [2.45, 2.75) is 25.8 Å². The zero-order valence-electron chi connectivity index (χ0n) is 8.16. The van der Waals surface area contributed by atoms with Crippen LogP contribution in [0.15, 0.2) is 30.3 Å². The normalized spacial score (nSPS) is 12.5. The second kappa shape index (κ2) is 5.60. The lowest BCUT2D eigenvalue weighted by Gasteiger charge is -2.10. The summed E-state index contributed by atoms with van der Waals surface area (Å²) in [4.78, 5) is 0. The predicted molar refractivity (Wildman–Crippen MR) is 57.8 cm³/mol. The minimum atomic E-state index is 0.330. The summed E-state index contributed by atoms with van der Waals surface area (Å²) < 4.78 is 0. The molecule has 0 spiro atoms. The zero-order valence-corrected chi connectivity index (χ0v) is 8.16. The Labute approximate surface area is 80.1 Å². The molecule has 0 radical (unpaired) electrons. The topological polar surface area (TPSA) is 38.0 Å².